The van der Waals surface area contributed by atoms with Gasteiger partial charge in [0, 0.05) is 12.1 Å². The highest BCUT2D eigenvalue weighted by molar-refractivity contribution is 4.71. The molecule has 16 heavy (non-hydrogen) atoms. The van der Waals surface area contributed by atoms with Gasteiger partial charge < -0.3 is 5.32 Å². The van der Waals surface area contributed by atoms with Gasteiger partial charge in [0.2, 0.25) is 0 Å². The van der Waals surface area contributed by atoms with E-state index in [0.717, 1.165) is 13.1 Å². The summed E-state index contributed by atoms with van der Waals surface area (Å²) >= 11 is 0. The van der Waals surface area contributed by atoms with E-state index in [1.54, 1.807) is 0 Å². The summed E-state index contributed by atoms with van der Waals surface area (Å²) in [7, 11) is 0. The molecule has 0 heterocycles. The Balaban J connectivity index is 3.88. The highest BCUT2D eigenvalue weighted by Crippen LogP contribution is 2.10. The normalized spacial score (nSPS) is 13.7. The van der Waals surface area contributed by atoms with Crippen LogP contribution in [0.25, 0.3) is 0 Å². The Labute approximate surface area is 103 Å². The number of nitrogens with one attached hydrogen (secondary N) is 1. The molecule has 0 bridgehead atoms. The molecule has 0 aliphatic rings. The molecule has 2 heteroatoms. The van der Waals surface area contributed by atoms with Crippen molar-refractivity contribution in [1.29, 1.82) is 0 Å². The van der Waals surface area contributed by atoms with Gasteiger partial charge in [-0.2, -0.15) is 0 Å². The van der Waals surface area contributed by atoms with Crippen molar-refractivity contribution in [2.75, 3.05) is 19.6 Å². The van der Waals surface area contributed by atoms with Gasteiger partial charge in [-0.15, -0.1) is 0 Å². The van der Waals surface area contributed by atoms with Crippen LogP contribution in [0.3, 0.4) is 0 Å². The Morgan fingerprint density at radius 2 is 1.75 bits per heavy atom. The molecule has 0 fully saturated rings. The molecule has 0 aromatic heterocycles. The van der Waals surface area contributed by atoms with Crippen molar-refractivity contribution in [3.05, 3.63) is 0 Å². The standard InChI is InChI=1S/C14H32N2/c1-6-8-9-12-16(13(3)4)14(5)10-11-15-7-2/h13-15H,6-12H2,1-5H3. The van der Waals surface area contributed by atoms with Crippen LogP contribution in [0.5, 0.6) is 0 Å². The first-order valence-corrected chi connectivity index (χ1v) is 7.09. The minimum atomic E-state index is 0.675. The van der Waals surface area contributed by atoms with Gasteiger partial charge in [-0.25, -0.2) is 0 Å². The lowest BCUT2D eigenvalue weighted by Crippen LogP contribution is -2.40. The van der Waals surface area contributed by atoms with Gasteiger partial charge in [0.15, 0.2) is 0 Å². The zero-order chi connectivity index (χ0) is 12.4. The first-order valence-electron chi connectivity index (χ1n) is 7.09. The lowest BCUT2D eigenvalue weighted by Gasteiger charge is -2.33. The fourth-order valence-corrected chi connectivity index (χ4v) is 2.19. The predicted molar refractivity (Wildman–Crippen MR) is 74.0 cm³/mol. The molecule has 0 aromatic carbocycles. The molecule has 0 aliphatic heterocycles. The maximum absolute atomic E-state index is 3.41. The molecule has 0 radical (unpaired) electrons. The largest absolute Gasteiger partial charge is 0.317 e. The molecular formula is C14H32N2. The SMILES string of the molecule is CCCCCN(C(C)C)C(C)CCNCC. The fourth-order valence-electron chi connectivity index (χ4n) is 2.19. The number of hydrogen-bond donors (Lipinski definition) is 1. The average molecular weight is 228 g/mol. The second-order valence-electron chi connectivity index (χ2n) is 5.03. The molecule has 0 aliphatic carbocycles. The topological polar surface area (TPSA) is 15.3 Å². The summed E-state index contributed by atoms with van der Waals surface area (Å²) in [4.78, 5) is 2.65. The van der Waals surface area contributed by atoms with Crippen molar-refractivity contribution >= 4 is 0 Å². The van der Waals surface area contributed by atoms with Crippen molar-refractivity contribution < 1.29 is 0 Å². The average Bonchev–Trinajstić information content (AvgIpc) is 2.24. The Morgan fingerprint density at radius 3 is 2.25 bits per heavy atom. The summed E-state index contributed by atoms with van der Waals surface area (Å²) < 4.78 is 0. The molecule has 0 saturated carbocycles. The van der Waals surface area contributed by atoms with E-state index in [-0.39, 0.29) is 0 Å². The third-order valence-electron chi connectivity index (χ3n) is 3.24. The van der Waals surface area contributed by atoms with Crippen LogP contribution in [0.15, 0.2) is 0 Å². The Hall–Kier alpha value is -0.0800. The van der Waals surface area contributed by atoms with E-state index >= 15 is 0 Å². The molecular weight excluding hydrogens is 196 g/mol. The van der Waals surface area contributed by atoms with Crippen molar-refractivity contribution in [2.45, 2.75) is 72.4 Å². The molecule has 0 rings (SSSR count). The summed E-state index contributed by atoms with van der Waals surface area (Å²) in [6.45, 7) is 14.9. The lowest BCUT2D eigenvalue weighted by atomic mass is 10.1. The van der Waals surface area contributed by atoms with E-state index in [1.165, 1.54) is 32.2 Å². The second-order valence-corrected chi connectivity index (χ2v) is 5.03. The molecule has 0 saturated heterocycles. The minimum absolute atomic E-state index is 0.675. The van der Waals surface area contributed by atoms with Crippen LogP contribution in [-0.2, 0) is 0 Å². The maximum Gasteiger partial charge on any atom is 0.00817 e. The number of nitrogens with zero attached hydrogens (tertiary/aromatic N) is 1. The van der Waals surface area contributed by atoms with Gasteiger partial charge in [-0.1, -0.05) is 26.7 Å². The maximum atomic E-state index is 3.41. The summed E-state index contributed by atoms with van der Waals surface area (Å²) in [5.74, 6) is 0. The second kappa shape index (κ2) is 10.1. The molecule has 1 unspecified atom stereocenters. The van der Waals surface area contributed by atoms with Crippen molar-refractivity contribution in [1.82, 2.24) is 10.2 Å². The van der Waals surface area contributed by atoms with Gasteiger partial charge >= 0.3 is 0 Å². The molecule has 1 atom stereocenters. The first kappa shape index (κ1) is 15.9. The minimum Gasteiger partial charge on any atom is -0.317 e. The highest BCUT2D eigenvalue weighted by atomic mass is 15.2. The van der Waals surface area contributed by atoms with Crippen LogP contribution in [0.2, 0.25) is 0 Å². The van der Waals surface area contributed by atoms with E-state index < -0.39 is 0 Å². The van der Waals surface area contributed by atoms with Crippen molar-refractivity contribution in [3.63, 3.8) is 0 Å². The van der Waals surface area contributed by atoms with Crippen molar-refractivity contribution in [3.8, 4) is 0 Å². The Bertz CT molecular complexity index is 146. The van der Waals surface area contributed by atoms with Gasteiger partial charge in [-0.05, 0) is 53.2 Å². The van der Waals surface area contributed by atoms with Crippen LogP contribution in [0.1, 0.15) is 60.3 Å². The zero-order valence-electron chi connectivity index (χ0n) is 12.1. The first-order chi connectivity index (χ1) is 7.63. The van der Waals surface area contributed by atoms with E-state index in [1.807, 2.05) is 0 Å². The Morgan fingerprint density at radius 1 is 1.06 bits per heavy atom. The lowest BCUT2D eigenvalue weighted by molar-refractivity contribution is 0.153. The van der Waals surface area contributed by atoms with E-state index in [9.17, 15) is 0 Å². The van der Waals surface area contributed by atoms with Crippen LogP contribution < -0.4 is 5.32 Å². The van der Waals surface area contributed by atoms with Gasteiger partial charge in [0.05, 0.1) is 0 Å². The van der Waals surface area contributed by atoms with Crippen LogP contribution in [-0.4, -0.2) is 36.6 Å². The predicted octanol–water partition coefficient (Wildman–Crippen LogP) is 3.28. The number of hydrogen-bond acceptors (Lipinski definition) is 2. The Kier molecular flexibility index (Phi) is 10.0. The van der Waals surface area contributed by atoms with Gasteiger partial charge in [-0.3, -0.25) is 4.90 Å². The van der Waals surface area contributed by atoms with Crippen LogP contribution >= 0.6 is 0 Å². The zero-order valence-corrected chi connectivity index (χ0v) is 12.1. The number of unbranched alkanes of at least 4 members (excludes halogenated alkanes) is 2. The molecule has 98 valence electrons. The van der Waals surface area contributed by atoms with E-state index in [2.05, 4.69) is 44.8 Å². The van der Waals surface area contributed by atoms with Crippen molar-refractivity contribution in [2.24, 2.45) is 0 Å². The summed E-state index contributed by atoms with van der Waals surface area (Å²) in [5, 5.41) is 3.41. The summed E-state index contributed by atoms with van der Waals surface area (Å²) in [5.41, 5.74) is 0. The molecule has 0 amide bonds. The van der Waals surface area contributed by atoms with Gasteiger partial charge in [0.25, 0.3) is 0 Å². The highest BCUT2D eigenvalue weighted by Gasteiger charge is 2.15. The molecule has 0 spiro atoms. The van der Waals surface area contributed by atoms with Crippen LogP contribution in [0.4, 0.5) is 0 Å². The van der Waals surface area contributed by atoms with E-state index in [4.69, 9.17) is 0 Å². The molecule has 1 N–H and O–H groups in total. The van der Waals surface area contributed by atoms with Crippen LogP contribution in [0, 0.1) is 0 Å². The summed E-state index contributed by atoms with van der Waals surface area (Å²) in [6.07, 6.45) is 5.29. The quantitative estimate of drug-likeness (QED) is 0.577. The third-order valence-corrected chi connectivity index (χ3v) is 3.24. The smallest absolute Gasteiger partial charge is 0.00817 e. The van der Waals surface area contributed by atoms with E-state index in [0.29, 0.717) is 12.1 Å². The molecule has 2 nitrogen and oxygen atoms in total. The fraction of sp³-hybridized carbons (Fsp3) is 1.00. The van der Waals surface area contributed by atoms with Gasteiger partial charge in [0.1, 0.15) is 0 Å². The monoisotopic (exact) mass is 228 g/mol. The number of rotatable bonds is 10. The molecule has 0 aromatic rings. The third kappa shape index (κ3) is 7.24. The summed E-state index contributed by atoms with van der Waals surface area (Å²) in [6, 6.07) is 1.38.